The van der Waals surface area contributed by atoms with Crippen LogP contribution in [-0.4, -0.2) is 17.0 Å². The third-order valence-corrected chi connectivity index (χ3v) is 4.46. The third kappa shape index (κ3) is 3.54. The fourth-order valence-corrected chi connectivity index (χ4v) is 3.03. The van der Waals surface area contributed by atoms with Crippen molar-refractivity contribution in [2.75, 3.05) is 6.54 Å². The van der Waals surface area contributed by atoms with Gasteiger partial charge in [-0.25, -0.2) is 4.39 Å². The van der Waals surface area contributed by atoms with E-state index in [0.29, 0.717) is 12.1 Å². The van der Waals surface area contributed by atoms with Crippen LogP contribution in [0.4, 0.5) is 4.39 Å². The van der Waals surface area contributed by atoms with Gasteiger partial charge in [-0.1, -0.05) is 24.6 Å². The number of aryl methyl sites for hydroxylation is 1. The number of hydrogen-bond donors (Lipinski definition) is 1. The molecule has 3 aromatic rings. The summed E-state index contributed by atoms with van der Waals surface area (Å²) in [5, 5.41) is 2.94. The monoisotopic (exact) mass is 350 g/mol. The van der Waals surface area contributed by atoms with Crippen LogP contribution in [0.15, 0.2) is 54.6 Å². The van der Waals surface area contributed by atoms with E-state index in [9.17, 15) is 9.18 Å². The molecule has 3 rings (SSSR count). The molecule has 0 aliphatic rings. The predicted molar refractivity (Wildman–Crippen MR) is 103 cm³/mol. The van der Waals surface area contributed by atoms with Crippen LogP contribution < -0.4 is 5.32 Å². The minimum atomic E-state index is -0.278. The predicted octanol–water partition coefficient (Wildman–Crippen LogP) is 5.04. The minimum Gasteiger partial charge on any atom is -0.352 e. The quantitative estimate of drug-likeness (QED) is 0.687. The Hall–Kier alpha value is -2.88. The molecule has 2 aromatic carbocycles. The molecule has 3 nitrogen and oxygen atoms in total. The van der Waals surface area contributed by atoms with Gasteiger partial charge in [0.25, 0.3) is 5.91 Å². The molecular weight excluding hydrogens is 327 g/mol. The Morgan fingerprint density at radius 1 is 1.04 bits per heavy atom. The van der Waals surface area contributed by atoms with Crippen LogP contribution >= 0.6 is 0 Å². The number of nitrogens with zero attached hydrogens (tertiary/aromatic N) is 1. The van der Waals surface area contributed by atoms with Crippen molar-refractivity contribution in [2.45, 2.75) is 27.2 Å². The number of hydrogen-bond acceptors (Lipinski definition) is 1. The summed E-state index contributed by atoms with van der Waals surface area (Å²) < 4.78 is 15.4. The van der Waals surface area contributed by atoms with Crippen LogP contribution in [0.3, 0.4) is 0 Å². The van der Waals surface area contributed by atoms with E-state index in [1.54, 1.807) is 12.1 Å². The Bertz CT molecular complexity index is 909. The van der Waals surface area contributed by atoms with E-state index in [-0.39, 0.29) is 11.7 Å². The Kier molecular flexibility index (Phi) is 5.21. The van der Waals surface area contributed by atoms with Crippen molar-refractivity contribution in [1.82, 2.24) is 9.88 Å². The van der Waals surface area contributed by atoms with Gasteiger partial charge in [-0.15, -0.1) is 0 Å². The average molecular weight is 350 g/mol. The number of halogens is 1. The lowest BCUT2D eigenvalue weighted by Crippen LogP contribution is -2.24. The second-order valence-electron chi connectivity index (χ2n) is 6.46. The number of rotatable bonds is 5. The molecule has 0 radical (unpaired) electrons. The molecule has 0 saturated carbocycles. The molecule has 0 unspecified atom stereocenters. The molecule has 4 heteroatoms. The lowest BCUT2D eigenvalue weighted by Gasteiger charge is -2.13. The average Bonchev–Trinajstić information content (AvgIpc) is 2.98. The number of amides is 1. The van der Waals surface area contributed by atoms with Crippen LogP contribution in [-0.2, 0) is 0 Å². The van der Waals surface area contributed by atoms with Gasteiger partial charge in [0.15, 0.2) is 0 Å². The molecule has 134 valence electrons. The maximum Gasteiger partial charge on any atom is 0.253 e. The van der Waals surface area contributed by atoms with Crippen molar-refractivity contribution in [1.29, 1.82) is 0 Å². The van der Waals surface area contributed by atoms with Crippen LogP contribution in [0.25, 0.3) is 16.9 Å². The number of aromatic nitrogens is 1. The Labute approximate surface area is 153 Å². The SMILES string of the molecule is CCCNC(=O)c1cc(-c2ccc(F)cc2)n(-c2ccc(C)cc2)c1C. The lowest BCUT2D eigenvalue weighted by atomic mass is 10.1. The van der Waals surface area contributed by atoms with Gasteiger partial charge in [0.1, 0.15) is 5.82 Å². The summed E-state index contributed by atoms with van der Waals surface area (Å²) in [5.74, 6) is -0.363. The van der Waals surface area contributed by atoms with Crippen LogP contribution in [0, 0.1) is 19.7 Å². The Balaban J connectivity index is 2.15. The van der Waals surface area contributed by atoms with Crippen LogP contribution in [0.2, 0.25) is 0 Å². The van der Waals surface area contributed by atoms with Crippen LogP contribution in [0.5, 0.6) is 0 Å². The molecule has 1 N–H and O–H groups in total. The molecule has 1 heterocycles. The highest BCUT2D eigenvalue weighted by Gasteiger charge is 2.19. The van der Waals surface area contributed by atoms with E-state index in [1.165, 1.54) is 17.7 Å². The number of carbonyl (C=O) groups is 1. The van der Waals surface area contributed by atoms with Gasteiger partial charge in [-0.3, -0.25) is 4.79 Å². The van der Waals surface area contributed by atoms with Gasteiger partial charge in [0.05, 0.1) is 11.3 Å². The van der Waals surface area contributed by atoms with Crippen molar-refractivity contribution in [3.05, 3.63) is 77.2 Å². The molecule has 0 saturated heterocycles. The minimum absolute atomic E-state index is 0.0847. The summed E-state index contributed by atoms with van der Waals surface area (Å²) in [6.45, 7) is 6.64. The summed E-state index contributed by atoms with van der Waals surface area (Å²) in [6.07, 6.45) is 0.883. The van der Waals surface area contributed by atoms with E-state index in [4.69, 9.17) is 0 Å². The third-order valence-electron chi connectivity index (χ3n) is 4.46. The molecule has 0 atom stereocenters. The van der Waals surface area contributed by atoms with E-state index < -0.39 is 0 Å². The number of nitrogens with one attached hydrogen (secondary N) is 1. The molecule has 0 aliphatic carbocycles. The highest BCUT2D eigenvalue weighted by molar-refractivity contribution is 5.97. The summed E-state index contributed by atoms with van der Waals surface area (Å²) in [6, 6.07) is 16.4. The summed E-state index contributed by atoms with van der Waals surface area (Å²) in [4.78, 5) is 12.6. The topological polar surface area (TPSA) is 34.0 Å². The van der Waals surface area contributed by atoms with Crippen LogP contribution in [0.1, 0.15) is 35.0 Å². The smallest absolute Gasteiger partial charge is 0.253 e. The molecule has 0 aliphatic heterocycles. The molecule has 0 bridgehead atoms. The molecule has 1 aromatic heterocycles. The largest absolute Gasteiger partial charge is 0.352 e. The highest BCUT2D eigenvalue weighted by Crippen LogP contribution is 2.30. The Morgan fingerprint density at radius 3 is 2.31 bits per heavy atom. The van der Waals surface area contributed by atoms with Crippen molar-refractivity contribution in [3.63, 3.8) is 0 Å². The maximum absolute atomic E-state index is 13.4. The summed E-state index contributed by atoms with van der Waals surface area (Å²) in [5.41, 5.74) is 5.38. The van der Waals surface area contributed by atoms with Crippen molar-refractivity contribution in [2.24, 2.45) is 0 Å². The van der Waals surface area contributed by atoms with Gasteiger partial charge in [0.2, 0.25) is 0 Å². The Morgan fingerprint density at radius 2 is 1.69 bits per heavy atom. The summed E-state index contributed by atoms with van der Waals surface area (Å²) in [7, 11) is 0. The molecule has 26 heavy (non-hydrogen) atoms. The van der Waals surface area contributed by atoms with E-state index >= 15 is 0 Å². The fourth-order valence-electron chi connectivity index (χ4n) is 3.03. The second-order valence-corrected chi connectivity index (χ2v) is 6.46. The van der Waals surface area contributed by atoms with E-state index in [2.05, 4.69) is 5.32 Å². The van der Waals surface area contributed by atoms with Gasteiger partial charge < -0.3 is 9.88 Å². The van der Waals surface area contributed by atoms with Crippen molar-refractivity contribution in [3.8, 4) is 16.9 Å². The first-order chi connectivity index (χ1) is 12.5. The maximum atomic E-state index is 13.4. The van der Waals surface area contributed by atoms with Gasteiger partial charge in [-0.2, -0.15) is 0 Å². The normalized spacial score (nSPS) is 10.8. The zero-order chi connectivity index (χ0) is 18.7. The highest BCUT2D eigenvalue weighted by atomic mass is 19.1. The zero-order valence-electron chi connectivity index (χ0n) is 15.3. The van der Waals surface area contributed by atoms with E-state index in [1.807, 2.05) is 55.7 Å². The van der Waals surface area contributed by atoms with E-state index in [0.717, 1.165) is 29.1 Å². The first kappa shape index (κ1) is 17.9. The fraction of sp³-hybridized carbons (Fsp3) is 0.227. The summed E-state index contributed by atoms with van der Waals surface area (Å²) >= 11 is 0. The number of benzene rings is 2. The zero-order valence-corrected chi connectivity index (χ0v) is 15.3. The second kappa shape index (κ2) is 7.56. The molecular formula is C22H23FN2O. The van der Waals surface area contributed by atoms with Gasteiger partial charge in [-0.05, 0) is 68.3 Å². The molecule has 1 amide bonds. The molecule has 0 spiro atoms. The number of carbonyl (C=O) groups excluding carboxylic acids is 1. The standard InChI is InChI=1S/C22H23FN2O/c1-4-13-24-22(26)20-14-21(17-7-9-18(23)10-8-17)25(16(20)3)19-11-5-15(2)6-12-19/h5-12,14H,4,13H2,1-3H3,(H,24,26). The first-order valence-electron chi connectivity index (χ1n) is 8.84. The first-order valence-corrected chi connectivity index (χ1v) is 8.84. The van der Waals surface area contributed by atoms with Gasteiger partial charge in [0, 0.05) is 17.9 Å². The van der Waals surface area contributed by atoms with Crippen molar-refractivity contribution >= 4 is 5.91 Å². The van der Waals surface area contributed by atoms with Gasteiger partial charge >= 0.3 is 0 Å². The molecule has 0 fully saturated rings. The lowest BCUT2D eigenvalue weighted by molar-refractivity contribution is 0.0953. The van der Waals surface area contributed by atoms with Crippen molar-refractivity contribution < 1.29 is 9.18 Å².